The first kappa shape index (κ1) is 23.1. The maximum atomic E-state index is 10.9. The fraction of sp³-hybridized carbons (Fsp3) is 0.480. The topological polar surface area (TPSA) is 71.0 Å². The van der Waals surface area contributed by atoms with Gasteiger partial charge >= 0.3 is 0 Å². The molecule has 1 amide bonds. The van der Waals surface area contributed by atoms with Gasteiger partial charge in [0.05, 0.1) is 6.61 Å². The van der Waals surface area contributed by atoms with Crippen LogP contribution in [0.4, 0.5) is 0 Å². The Morgan fingerprint density at radius 3 is 2.29 bits per heavy atom. The van der Waals surface area contributed by atoms with E-state index in [1.54, 1.807) is 0 Å². The van der Waals surface area contributed by atoms with E-state index >= 15 is 0 Å². The summed E-state index contributed by atoms with van der Waals surface area (Å²) in [5, 5.41) is 13.6. The van der Waals surface area contributed by atoms with Crippen molar-refractivity contribution in [2.24, 2.45) is 0 Å². The summed E-state index contributed by atoms with van der Waals surface area (Å²) in [6, 6.07) is 16.1. The van der Waals surface area contributed by atoms with E-state index in [1.165, 1.54) is 18.1 Å². The average molecular weight is 427 g/mol. The first-order valence-corrected chi connectivity index (χ1v) is 11.0. The van der Waals surface area contributed by atoms with Crippen molar-refractivity contribution in [1.82, 2.24) is 10.2 Å². The monoisotopic (exact) mass is 426 g/mol. The van der Waals surface area contributed by atoms with Crippen molar-refractivity contribution < 1.29 is 19.4 Å². The number of aryl methyl sites for hydroxylation is 1. The summed E-state index contributed by atoms with van der Waals surface area (Å²) in [5.74, 6) is 1.63. The zero-order chi connectivity index (χ0) is 22.1. The summed E-state index contributed by atoms with van der Waals surface area (Å²) < 4.78 is 11.5. The van der Waals surface area contributed by atoms with Crippen LogP contribution in [0.5, 0.6) is 11.5 Å². The van der Waals surface area contributed by atoms with Crippen molar-refractivity contribution in [3.63, 3.8) is 0 Å². The van der Waals surface area contributed by atoms with Crippen LogP contribution in [0, 0.1) is 6.92 Å². The van der Waals surface area contributed by atoms with E-state index < -0.39 is 5.60 Å². The van der Waals surface area contributed by atoms with E-state index in [2.05, 4.69) is 22.3 Å². The summed E-state index contributed by atoms with van der Waals surface area (Å²) in [6.45, 7) is 7.64. The van der Waals surface area contributed by atoms with E-state index in [1.807, 2.05) is 43.3 Å². The lowest BCUT2D eigenvalue weighted by molar-refractivity contribution is -0.118. The van der Waals surface area contributed by atoms with Gasteiger partial charge in [0.1, 0.15) is 23.7 Å². The molecule has 1 aliphatic heterocycles. The van der Waals surface area contributed by atoms with Gasteiger partial charge in [-0.05, 0) is 56.0 Å². The molecular formula is C25H34N2O4. The van der Waals surface area contributed by atoms with E-state index in [-0.39, 0.29) is 5.91 Å². The largest absolute Gasteiger partial charge is 0.494 e. The number of piperidine rings is 1. The van der Waals surface area contributed by atoms with Crippen LogP contribution in [-0.4, -0.2) is 54.4 Å². The van der Waals surface area contributed by atoms with Crippen molar-refractivity contribution in [1.29, 1.82) is 0 Å². The molecule has 2 aromatic rings. The van der Waals surface area contributed by atoms with Crippen LogP contribution in [0.2, 0.25) is 0 Å². The Kier molecular flexibility index (Phi) is 8.32. The lowest BCUT2D eigenvalue weighted by atomic mass is 9.92. The Balaban J connectivity index is 1.37. The maximum absolute atomic E-state index is 10.9. The number of likely N-dealkylation sites (tertiary alicyclic amines) is 1. The van der Waals surface area contributed by atoms with Crippen molar-refractivity contribution in [2.45, 2.75) is 45.3 Å². The van der Waals surface area contributed by atoms with Crippen molar-refractivity contribution in [2.75, 3.05) is 32.8 Å². The van der Waals surface area contributed by atoms with Gasteiger partial charge in [-0.2, -0.15) is 0 Å². The third-order valence-electron chi connectivity index (χ3n) is 5.61. The Bertz CT molecular complexity index is 812. The van der Waals surface area contributed by atoms with Crippen molar-refractivity contribution in [3.05, 3.63) is 59.7 Å². The molecule has 0 unspecified atom stereocenters. The summed E-state index contributed by atoms with van der Waals surface area (Å²) in [7, 11) is 0. The SMILES string of the molecule is CC(=O)NCCCOc1ccc(CN2CCC(O)(COc3ccc(C)cc3)CC2)cc1. The molecule has 6 heteroatoms. The molecule has 2 aromatic carbocycles. The average Bonchev–Trinajstić information content (AvgIpc) is 2.76. The predicted molar refractivity (Wildman–Crippen MR) is 121 cm³/mol. The standard InChI is InChI=1S/C25H34N2O4/c1-20-4-8-24(9-5-20)31-19-25(29)12-15-27(16-13-25)18-22-6-10-23(11-7-22)30-17-3-14-26-21(2)28/h4-11,29H,3,12-19H2,1-2H3,(H,26,28). The lowest BCUT2D eigenvalue weighted by Crippen LogP contribution is -2.47. The van der Waals surface area contributed by atoms with E-state index in [9.17, 15) is 9.90 Å². The Labute approximate surface area is 185 Å². The molecule has 0 aliphatic carbocycles. The molecular weight excluding hydrogens is 392 g/mol. The second-order valence-corrected chi connectivity index (χ2v) is 8.43. The Morgan fingerprint density at radius 2 is 1.65 bits per heavy atom. The molecule has 1 saturated heterocycles. The number of hydrogen-bond donors (Lipinski definition) is 2. The van der Waals surface area contributed by atoms with Crippen LogP contribution in [0.1, 0.15) is 37.3 Å². The molecule has 1 heterocycles. The van der Waals surface area contributed by atoms with Crippen molar-refractivity contribution >= 4 is 5.91 Å². The fourth-order valence-corrected chi connectivity index (χ4v) is 3.60. The van der Waals surface area contributed by atoms with E-state index in [4.69, 9.17) is 9.47 Å². The first-order chi connectivity index (χ1) is 14.9. The second-order valence-electron chi connectivity index (χ2n) is 8.43. The highest BCUT2D eigenvalue weighted by Crippen LogP contribution is 2.25. The molecule has 3 rings (SSSR count). The lowest BCUT2D eigenvalue weighted by Gasteiger charge is -2.38. The van der Waals surface area contributed by atoms with Crippen LogP contribution < -0.4 is 14.8 Å². The Hall–Kier alpha value is -2.57. The number of hydrogen-bond acceptors (Lipinski definition) is 5. The van der Waals surface area contributed by atoms with Crippen LogP contribution in [-0.2, 0) is 11.3 Å². The molecule has 0 atom stereocenters. The molecule has 2 N–H and O–H groups in total. The molecule has 6 nitrogen and oxygen atoms in total. The van der Waals surface area contributed by atoms with Gasteiger partial charge in [0.25, 0.3) is 0 Å². The number of rotatable bonds is 10. The minimum Gasteiger partial charge on any atom is -0.494 e. The van der Waals surface area contributed by atoms with Gasteiger partial charge in [-0.1, -0.05) is 29.8 Å². The minimum absolute atomic E-state index is 0.0145. The summed E-state index contributed by atoms with van der Waals surface area (Å²) >= 11 is 0. The van der Waals surface area contributed by atoms with Crippen LogP contribution >= 0.6 is 0 Å². The summed E-state index contributed by atoms with van der Waals surface area (Å²) in [6.07, 6.45) is 2.19. The van der Waals surface area contributed by atoms with E-state index in [0.717, 1.165) is 37.6 Å². The third-order valence-corrected chi connectivity index (χ3v) is 5.61. The molecule has 1 fully saturated rings. The smallest absolute Gasteiger partial charge is 0.216 e. The number of carbonyl (C=O) groups is 1. The highest BCUT2D eigenvalue weighted by molar-refractivity contribution is 5.72. The minimum atomic E-state index is -0.768. The normalized spacial score (nSPS) is 16.0. The van der Waals surface area contributed by atoms with Gasteiger partial charge in [-0.15, -0.1) is 0 Å². The van der Waals surface area contributed by atoms with E-state index in [0.29, 0.717) is 32.6 Å². The van der Waals surface area contributed by atoms with Gasteiger partial charge in [-0.25, -0.2) is 0 Å². The number of amides is 1. The molecule has 31 heavy (non-hydrogen) atoms. The first-order valence-electron chi connectivity index (χ1n) is 11.0. The van der Waals surface area contributed by atoms with Gasteiger partial charge in [0, 0.05) is 33.1 Å². The zero-order valence-electron chi connectivity index (χ0n) is 18.6. The number of carbonyl (C=O) groups excluding carboxylic acids is 1. The predicted octanol–water partition coefficient (Wildman–Crippen LogP) is 3.31. The van der Waals surface area contributed by atoms with Crippen LogP contribution in [0.3, 0.4) is 0 Å². The number of aliphatic hydroxyl groups is 1. The fourth-order valence-electron chi connectivity index (χ4n) is 3.60. The molecule has 0 bridgehead atoms. The number of nitrogens with zero attached hydrogens (tertiary/aromatic N) is 1. The molecule has 0 saturated carbocycles. The van der Waals surface area contributed by atoms with Gasteiger partial charge in [-0.3, -0.25) is 9.69 Å². The zero-order valence-corrected chi connectivity index (χ0v) is 18.6. The molecule has 0 spiro atoms. The summed E-state index contributed by atoms with van der Waals surface area (Å²) in [5.41, 5.74) is 1.66. The Morgan fingerprint density at radius 1 is 1.03 bits per heavy atom. The number of ether oxygens (including phenoxy) is 2. The number of nitrogens with one attached hydrogen (secondary N) is 1. The maximum Gasteiger partial charge on any atom is 0.216 e. The highest BCUT2D eigenvalue weighted by Gasteiger charge is 2.33. The highest BCUT2D eigenvalue weighted by atomic mass is 16.5. The summed E-state index contributed by atoms with van der Waals surface area (Å²) in [4.78, 5) is 13.2. The third kappa shape index (κ3) is 7.89. The van der Waals surface area contributed by atoms with Gasteiger partial charge < -0.3 is 19.9 Å². The molecule has 168 valence electrons. The molecule has 1 aliphatic rings. The molecule has 0 radical (unpaired) electrons. The van der Waals surface area contributed by atoms with Crippen LogP contribution in [0.25, 0.3) is 0 Å². The number of benzene rings is 2. The molecule has 0 aromatic heterocycles. The van der Waals surface area contributed by atoms with Gasteiger partial charge in [0.15, 0.2) is 0 Å². The van der Waals surface area contributed by atoms with Crippen LogP contribution in [0.15, 0.2) is 48.5 Å². The second kappa shape index (κ2) is 11.2. The quantitative estimate of drug-likeness (QED) is 0.571. The van der Waals surface area contributed by atoms with Crippen molar-refractivity contribution in [3.8, 4) is 11.5 Å². The van der Waals surface area contributed by atoms with Gasteiger partial charge in [0.2, 0.25) is 5.91 Å².